The zero-order chi connectivity index (χ0) is 12.0. The van der Waals surface area contributed by atoms with Gasteiger partial charge in [-0.15, -0.1) is 0 Å². The fourth-order valence-electron chi connectivity index (χ4n) is 1.69. The Morgan fingerprint density at radius 2 is 1.81 bits per heavy atom. The highest BCUT2D eigenvalue weighted by molar-refractivity contribution is 5.34. The van der Waals surface area contributed by atoms with Crippen LogP contribution in [0.15, 0.2) is 24.3 Å². The van der Waals surface area contributed by atoms with Gasteiger partial charge in [0, 0.05) is 5.56 Å². The van der Waals surface area contributed by atoms with Crippen LogP contribution in [0.25, 0.3) is 0 Å². The molecule has 16 heavy (non-hydrogen) atoms. The summed E-state index contributed by atoms with van der Waals surface area (Å²) in [7, 11) is 0. The SMILES string of the molecule is CCC(CC)COc1ccccc1[C@@H](C)O. The van der Waals surface area contributed by atoms with Gasteiger partial charge in [-0.1, -0.05) is 44.9 Å². The molecule has 0 aromatic heterocycles. The first kappa shape index (κ1) is 13.0. The van der Waals surface area contributed by atoms with Crippen molar-refractivity contribution in [1.29, 1.82) is 0 Å². The third kappa shape index (κ3) is 3.53. The lowest BCUT2D eigenvalue weighted by Gasteiger charge is -2.17. The minimum atomic E-state index is -0.474. The van der Waals surface area contributed by atoms with Crippen LogP contribution < -0.4 is 4.74 Å². The molecule has 1 rings (SSSR count). The molecule has 0 aliphatic heterocycles. The van der Waals surface area contributed by atoms with E-state index in [2.05, 4.69) is 13.8 Å². The second-order valence-electron chi connectivity index (χ2n) is 4.21. The highest BCUT2D eigenvalue weighted by Gasteiger charge is 2.10. The Kier molecular flexibility index (Phi) is 5.33. The van der Waals surface area contributed by atoms with Crippen LogP contribution in [-0.2, 0) is 0 Å². The standard InChI is InChI=1S/C14H22O2/c1-4-12(5-2)10-16-14-9-7-6-8-13(14)11(3)15/h6-9,11-12,15H,4-5,10H2,1-3H3/t11-/m1/s1. The Bertz CT molecular complexity index is 303. The number of ether oxygens (including phenoxy) is 1. The number of rotatable bonds is 6. The van der Waals surface area contributed by atoms with Crippen LogP contribution >= 0.6 is 0 Å². The van der Waals surface area contributed by atoms with Crippen molar-refractivity contribution in [3.8, 4) is 5.75 Å². The van der Waals surface area contributed by atoms with Gasteiger partial charge in [0.1, 0.15) is 5.75 Å². The van der Waals surface area contributed by atoms with Gasteiger partial charge in [0.05, 0.1) is 12.7 Å². The monoisotopic (exact) mass is 222 g/mol. The first-order valence-electron chi connectivity index (χ1n) is 6.08. The van der Waals surface area contributed by atoms with Gasteiger partial charge >= 0.3 is 0 Å². The van der Waals surface area contributed by atoms with Gasteiger partial charge in [0.25, 0.3) is 0 Å². The predicted octanol–water partition coefficient (Wildman–Crippen LogP) is 3.55. The van der Waals surface area contributed by atoms with Crippen LogP contribution in [0.1, 0.15) is 45.3 Å². The molecule has 2 nitrogen and oxygen atoms in total. The summed E-state index contributed by atoms with van der Waals surface area (Å²) in [5, 5.41) is 9.60. The maximum absolute atomic E-state index is 9.60. The molecule has 0 radical (unpaired) electrons. The molecule has 0 saturated heterocycles. The molecule has 2 heteroatoms. The number of hydrogen-bond donors (Lipinski definition) is 1. The fourth-order valence-corrected chi connectivity index (χ4v) is 1.69. The molecule has 0 bridgehead atoms. The molecule has 1 aromatic carbocycles. The summed E-state index contributed by atoms with van der Waals surface area (Å²) >= 11 is 0. The minimum Gasteiger partial charge on any atom is -0.493 e. The maximum atomic E-state index is 9.60. The van der Waals surface area contributed by atoms with E-state index in [4.69, 9.17) is 4.74 Å². The van der Waals surface area contributed by atoms with Crippen LogP contribution in [-0.4, -0.2) is 11.7 Å². The van der Waals surface area contributed by atoms with Crippen LogP contribution in [0, 0.1) is 5.92 Å². The van der Waals surface area contributed by atoms with E-state index in [1.165, 1.54) is 0 Å². The molecule has 0 unspecified atom stereocenters. The molecular formula is C14H22O2. The van der Waals surface area contributed by atoms with E-state index < -0.39 is 6.10 Å². The zero-order valence-electron chi connectivity index (χ0n) is 10.4. The molecule has 1 atom stereocenters. The minimum absolute atomic E-state index is 0.474. The number of benzene rings is 1. The Morgan fingerprint density at radius 3 is 2.38 bits per heavy atom. The summed E-state index contributed by atoms with van der Waals surface area (Å²) in [6.45, 7) is 6.85. The lowest BCUT2D eigenvalue weighted by atomic mass is 10.1. The third-order valence-corrected chi connectivity index (χ3v) is 3.00. The Balaban J connectivity index is 2.66. The lowest BCUT2D eigenvalue weighted by molar-refractivity contribution is 0.184. The summed E-state index contributed by atoms with van der Waals surface area (Å²) in [5.74, 6) is 1.41. The van der Waals surface area contributed by atoms with Gasteiger partial charge in [0.15, 0.2) is 0 Å². The van der Waals surface area contributed by atoms with Gasteiger partial charge in [-0.25, -0.2) is 0 Å². The summed E-state index contributed by atoms with van der Waals surface area (Å²) < 4.78 is 5.78. The molecule has 0 fully saturated rings. The quantitative estimate of drug-likeness (QED) is 0.797. The normalized spacial score (nSPS) is 12.8. The molecule has 0 aliphatic carbocycles. The number of aliphatic hydroxyl groups excluding tert-OH is 1. The first-order chi connectivity index (χ1) is 7.69. The molecule has 0 amide bonds. The van der Waals surface area contributed by atoms with E-state index in [0.29, 0.717) is 5.92 Å². The van der Waals surface area contributed by atoms with Gasteiger partial charge in [0.2, 0.25) is 0 Å². The predicted molar refractivity (Wildman–Crippen MR) is 66.6 cm³/mol. The molecule has 0 saturated carbocycles. The maximum Gasteiger partial charge on any atom is 0.125 e. The molecule has 0 aliphatic rings. The van der Waals surface area contributed by atoms with Crippen molar-refractivity contribution in [3.05, 3.63) is 29.8 Å². The number of para-hydroxylation sites is 1. The van der Waals surface area contributed by atoms with Crippen LogP contribution in [0.5, 0.6) is 5.75 Å². The Hall–Kier alpha value is -1.02. The molecule has 0 heterocycles. The third-order valence-electron chi connectivity index (χ3n) is 3.00. The molecule has 90 valence electrons. The van der Waals surface area contributed by atoms with Gasteiger partial charge in [-0.05, 0) is 18.9 Å². The van der Waals surface area contributed by atoms with Crippen molar-refractivity contribution in [2.24, 2.45) is 5.92 Å². The average Bonchev–Trinajstić information content (AvgIpc) is 2.30. The van der Waals surface area contributed by atoms with Crippen LogP contribution in [0.4, 0.5) is 0 Å². The molecule has 1 aromatic rings. The van der Waals surface area contributed by atoms with Gasteiger partial charge < -0.3 is 9.84 Å². The highest BCUT2D eigenvalue weighted by atomic mass is 16.5. The van der Waals surface area contributed by atoms with Gasteiger partial charge in [-0.3, -0.25) is 0 Å². The second-order valence-corrected chi connectivity index (χ2v) is 4.21. The van der Waals surface area contributed by atoms with Crippen molar-refractivity contribution < 1.29 is 9.84 Å². The Morgan fingerprint density at radius 1 is 1.19 bits per heavy atom. The molecule has 0 spiro atoms. The Labute approximate surface area is 98.3 Å². The first-order valence-corrected chi connectivity index (χ1v) is 6.08. The topological polar surface area (TPSA) is 29.5 Å². The van der Waals surface area contributed by atoms with E-state index in [1.807, 2.05) is 24.3 Å². The summed E-state index contributed by atoms with van der Waals surface area (Å²) in [5.41, 5.74) is 0.869. The van der Waals surface area contributed by atoms with Crippen molar-refractivity contribution in [1.82, 2.24) is 0 Å². The summed E-state index contributed by atoms with van der Waals surface area (Å²) in [6.07, 6.45) is 1.79. The largest absolute Gasteiger partial charge is 0.493 e. The number of aliphatic hydroxyl groups is 1. The van der Waals surface area contributed by atoms with E-state index in [-0.39, 0.29) is 0 Å². The average molecular weight is 222 g/mol. The summed E-state index contributed by atoms with van der Waals surface area (Å²) in [6, 6.07) is 7.69. The van der Waals surface area contributed by atoms with Crippen LogP contribution in [0.2, 0.25) is 0 Å². The molecule has 1 N–H and O–H groups in total. The van der Waals surface area contributed by atoms with Crippen molar-refractivity contribution >= 4 is 0 Å². The highest BCUT2D eigenvalue weighted by Crippen LogP contribution is 2.25. The van der Waals surface area contributed by atoms with Crippen LogP contribution in [0.3, 0.4) is 0 Å². The molecular weight excluding hydrogens is 200 g/mol. The van der Waals surface area contributed by atoms with E-state index in [9.17, 15) is 5.11 Å². The number of hydrogen-bond acceptors (Lipinski definition) is 2. The van der Waals surface area contributed by atoms with E-state index >= 15 is 0 Å². The van der Waals surface area contributed by atoms with Crippen molar-refractivity contribution in [2.75, 3.05) is 6.61 Å². The smallest absolute Gasteiger partial charge is 0.125 e. The van der Waals surface area contributed by atoms with Crippen molar-refractivity contribution in [2.45, 2.75) is 39.7 Å². The summed E-state index contributed by atoms with van der Waals surface area (Å²) in [4.78, 5) is 0. The van der Waals surface area contributed by atoms with E-state index in [1.54, 1.807) is 6.92 Å². The fraction of sp³-hybridized carbons (Fsp3) is 0.571. The van der Waals surface area contributed by atoms with Gasteiger partial charge in [-0.2, -0.15) is 0 Å². The van der Waals surface area contributed by atoms with Crippen molar-refractivity contribution in [3.63, 3.8) is 0 Å². The second kappa shape index (κ2) is 6.54. The zero-order valence-corrected chi connectivity index (χ0v) is 10.4. The lowest BCUT2D eigenvalue weighted by Crippen LogP contribution is -2.11. The van der Waals surface area contributed by atoms with E-state index in [0.717, 1.165) is 30.8 Å².